The number of rotatable bonds is 1. The molecule has 0 saturated carbocycles. The average Bonchev–Trinajstić information content (AvgIpc) is 1.62. The van der Waals surface area contributed by atoms with Gasteiger partial charge in [0.25, 0.3) is 5.91 Å². The van der Waals surface area contributed by atoms with E-state index in [9.17, 15) is 13.2 Å². The molecule has 6 heteroatoms. The van der Waals surface area contributed by atoms with E-state index in [1.807, 2.05) is 6.92 Å². The normalized spacial score (nSPS) is 7.00. The van der Waals surface area contributed by atoms with E-state index < -0.39 is 16.2 Å². The Balaban J connectivity index is 0. The quantitative estimate of drug-likeness (QED) is 0.438. The van der Waals surface area contributed by atoms with E-state index in [1.54, 1.807) is 0 Å². The van der Waals surface area contributed by atoms with Gasteiger partial charge in [-0.05, 0) is 0 Å². The minimum Gasteiger partial charge on any atom is -0.365 e. The number of nitrogens with two attached hydrogens (primary N) is 1. The van der Waals surface area contributed by atoms with Crippen molar-refractivity contribution in [1.29, 1.82) is 0 Å². The van der Waals surface area contributed by atoms with E-state index >= 15 is 0 Å². The Labute approximate surface area is 65.5 Å². The van der Waals surface area contributed by atoms with Crippen molar-refractivity contribution in [3.05, 3.63) is 0 Å². The molecule has 0 spiro atoms. The van der Waals surface area contributed by atoms with Crippen molar-refractivity contribution in [2.75, 3.05) is 5.88 Å². The first kappa shape index (κ1) is 12.2. The molecule has 0 aliphatic carbocycles. The van der Waals surface area contributed by atoms with Gasteiger partial charge in [0.05, 0.1) is 0 Å². The highest BCUT2D eigenvalue weighted by Gasteiger charge is 1.80. The average molecular weight is 186 g/mol. The molecule has 0 aromatic rings. The molecule has 10 heavy (non-hydrogen) atoms. The van der Waals surface area contributed by atoms with Gasteiger partial charge in [0.1, 0.15) is 5.37 Å². The Hall–Kier alpha value is -0.550. The Kier molecular flexibility index (Phi) is 10.3. The van der Waals surface area contributed by atoms with Gasteiger partial charge in [-0.25, -0.2) is 0 Å². The van der Waals surface area contributed by atoms with Crippen LogP contribution >= 0.6 is 11.6 Å². The van der Waals surface area contributed by atoms with Crippen molar-refractivity contribution >= 4 is 33.2 Å². The number of carbonyl (C=O) groups excluding carboxylic acids is 1. The van der Waals surface area contributed by atoms with Gasteiger partial charge in [-0.1, -0.05) is 6.92 Å². The minimum atomic E-state index is -2.45. The van der Waals surface area contributed by atoms with Crippen LogP contribution < -0.4 is 5.73 Å². The molecule has 2 N–H and O–H groups in total. The Morgan fingerprint density at radius 2 is 2.00 bits per heavy atom. The van der Waals surface area contributed by atoms with Crippen molar-refractivity contribution in [2.24, 2.45) is 5.73 Å². The molecule has 0 aliphatic heterocycles. The van der Waals surface area contributed by atoms with Gasteiger partial charge in [0, 0.05) is 5.88 Å². The van der Waals surface area contributed by atoms with Crippen molar-refractivity contribution < 1.29 is 13.2 Å². The first-order valence-corrected chi connectivity index (χ1v) is 4.00. The summed E-state index contributed by atoms with van der Waals surface area (Å²) in [6, 6.07) is 0. The monoisotopic (exact) mass is 185 g/mol. The largest absolute Gasteiger partial charge is 0.365 e. The number of primary amides is 1. The van der Waals surface area contributed by atoms with Crippen molar-refractivity contribution in [1.82, 2.24) is 0 Å². The summed E-state index contributed by atoms with van der Waals surface area (Å²) in [6.45, 7) is 1.89. The van der Waals surface area contributed by atoms with Crippen molar-refractivity contribution in [3.8, 4) is 0 Å². The lowest BCUT2D eigenvalue weighted by Crippen LogP contribution is -2.11. The molecule has 4 nitrogen and oxygen atoms in total. The number of halogens is 1. The van der Waals surface area contributed by atoms with E-state index in [2.05, 4.69) is 5.73 Å². The summed E-state index contributed by atoms with van der Waals surface area (Å²) in [5.41, 5.74) is 4.41. The molecule has 0 bridgehead atoms. The van der Waals surface area contributed by atoms with Crippen LogP contribution in [0.25, 0.3) is 0 Å². The van der Waals surface area contributed by atoms with Crippen LogP contribution in [0, 0.1) is 0 Å². The molecule has 0 heterocycles. The Bertz CT molecular complexity index is 201. The molecular weight excluding hydrogens is 178 g/mol. The minimum absolute atomic E-state index is 0.389. The molecular formula is C4H8ClNO3S. The maximum atomic E-state index is 9.58. The topological polar surface area (TPSA) is 77.2 Å². The van der Waals surface area contributed by atoms with Gasteiger partial charge < -0.3 is 5.73 Å². The fourth-order valence-corrected chi connectivity index (χ4v) is 0.285. The summed E-state index contributed by atoms with van der Waals surface area (Å²) in [5, 5.41) is 0.389. The molecule has 0 rings (SSSR count). The summed E-state index contributed by atoms with van der Waals surface area (Å²) in [7, 11) is -2.45. The Morgan fingerprint density at radius 3 is 2.00 bits per heavy atom. The summed E-state index contributed by atoms with van der Waals surface area (Å²) < 4.78 is 18.9. The van der Waals surface area contributed by atoms with E-state index in [0.717, 1.165) is 5.88 Å². The fraction of sp³-hybridized carbons (Fsp3) is 0.500. The standard InChI is InChI=1S/C2H5Cl.C2H3NO3S/c1-2-3;3-2(4)1-7(5)6/h2H2,1H3;1H,(H2,3,4). The predicted molar refractivity (Wildman–Crippen MR) is 40.6 cm³/mol. The lowest BCUT2D eigenvalue weighted by Gasteiger charge is -1.64. The Morgan fingerprint density at radius 1 is 1.70 bits per heavy atom. The maximum absolute atomic E-state index is 9.58. The summed E-state index contributed by atoms with van der Waals surface area (Å²) in [4.78, 5) is 9.58. The van der Waals surface area contributed by atoms with Crippen LogP contribution in [0.3, 0.4) is 0 Å². The molecule has 0 aliphatic rings. The highest BCUT2D eigenvalue weighted by Crippen LogP contribution is 1.59. The van der Waals surface area contributed by atoms with Gasteiger partial charge in [-0.15, -0.1) is 11.6 Å². The van der Waals surface area contributed by atoms with Crippen LogP contribution in [0.4, 0.5) is 0 Å². The summed E-state index contributed by atoms with van der Waals surface area (Å²) >= 11 is 5.00. The number of hydrogen-bond acceptors (Lipinski definition) is 3. The van der Waals surface area contributed by atoms with Crippen molar-refractivity contribution in [2.45, 2.75) is 6.92 Å². The third kappa shape index (κ3) is 26.0. The fourth-order valence-electron chi connectivity index (χ4n) is 0.0948. The number of alkyl halides is 1. The van der Waals surface area contributed by atoms with Gasteiger partial charge >= 0.3 is 0 Å². The summed E-state index contributed by atoms with van der Waals surface area (Å²) in [5.74, 6) is -0.228. The maximum Gasteiger partial charge on any atom is 0.256 e. The van der Waals surface area contributed by atoms with Gasteiger partial charge in [0.15, 0.2) is 0 Å². The number of carbonyl (C=O) groups is 1. The molecule has 0 unspecified atom stereocenters. The third-order valence-corrected chi connectivity index (χ3v) is 0.637. The van der Waals surface area contributed by atoms with Crippen LogP contribution in [-0.2, 0) is 15.1 Å². The zero-order valence-corrected chi connectivity index (χ0v) is 6.95. The van der Waals surface area contributed by atoms with Gasteiger partial charge in [0.2, 0.25) is 10.3 Å². The lowest BCUT2D eigenvalue weighted by molar-refractivity contribution is -0.111. The zero-order valence-electron chi connectivity index (χ0n) is 5.37. The van der Waals surface area contributed by atoms with Crippen LogP contribution in [0.2, 0.25) is 0 Å². The van der Waals surface area contributed by atoms with E-state index in [-0.39, 0.29) is 0 Å². The second kappa shape index (κ2) is 8.45. The van der Waals surface area contributed by atoms with Crippen LogP contribution in [0.5, 0.6) is 0 Å². The molecule has 0 aromatic carbocycles. The van der Waals surface area contributed by atoms with Gasteiger partial charge in [-0.2, -0.15) is 8.42 Å². The van der Waals surface area contributed by atoms with E-state index in [0.29, 0.717) is 5.37 Å². The molecule has 1 amide bonds. The predicted octanol–water partition coefficient (Wildman–Crippen LogP) is -0.602. The highest BCUT2D eigenvalue weighted by molar-refractivity contribution is 7.73. The summed E-state index contributed by atoms with van der Waals surface area (Å²) in [6.07, 6.45) is 0. The highest BCUT2D eigenvalue weighted by atomic mass is 35.5. The first-order chi connectivity index (χ1) is 4.54. The van der Waals surface area contributed by atoms with E-state index in [4.69, 9.17) is 11.6 Å². The molecule has 0 aromatic heterocycles. The number of amides is 1. The van der Waals surface area contributed by atoms with Crippen LogP contribution in [0.15, 0.2) is 0 Å². The van der Waals surface area contributed by atoms with Crippen LogP contribution in [0.1, 0.15) is 6.92 Å². The second-order valence-corrected chi connectivity index (χ2v) is 2.34. The number of hydrogen-bond donors (Lipinski definition) is 1. The van der Waals surface area contributed by atoms with Crippen molar-refractivity contribution in [3.63, 3.8) is 0 Å². The smallest absolute Gasteiger partial charge is 0.256 e. The van der Waals surface area contributed by atoms with E-state index in [1.165, 1.54) is 0 Å². The molecule has 0 fully saturated rings. The van der Waals surface area contributed by atoms with Crippen LogP contribution in [-0.4, -0.2) is 25.6 Å². The molecule has 0 atom stereocenters. The van der Waals surface area contributed by atoms with Gasteiger partial charge in [-0.3, -0.25) is 4.79 Å². The molecule has 0 saturated heterocycles. The zero-order chi connectivity index (χ0) is 8.57. The molecule has 0 radical (unpaired) electrons. The lowest BCUT2D eigenvalue weighted by atomic mass is 10.8. The first-order valence-electron chi connectivity index (χ1n) is 2.32. The molecule has 60 valence electrons. The second-order valence-electron chi connectivity index (χ2n) is 1.05. The SMILES string of the molecule is CCCl.NC(=O)C=S(=O)=O. The third-order valence-electron chi connectivity index (χ3n) is 0.212.